The van der Waals surface area contributed by atoms with E-state index in [9.17, 15) is 18.3 Å². The van der Waals surface area contributed by atoms with E-state index >= 15 is 4.39 Å². The number of hydrogen-bond donors (Lipinski definition) is 2. The minimum absolute atomic E-state index is 0.0362. The van der Waals surface area contributed by atoms with E-state index in [1.165, 1.54) is 12.3 Å². The monoisotopic (exact) mass is 513 g/mol. The summed E-state index contributed by atoms with van der Waals surface area (Å²) in [6.07, 6.45) is -2.11. The number of phenols is 1. The van der Waals surface area contributed by atoms with Gasteiger partial charge in [0, 0.05) is 36.9 Å². The molecular formula is C26H23F4N5O2. The lowest BCUT2D eigenvalue weighted by molar-refractivity contribution is -0.139. The van der Waals surface area contributed by atoms with Gasteiger partial charge >= 0.3 is 12.2 Å². The molecule has 4 aromatic rings. The molecule has 192 valence electrons. The SMILES string of the molecule is Oc1cc(-c2ncc3c(N4CC5CCC(C4)N5)nc(OCCC(F)(F)F)nc3c2F)c2ccccc2c1. The topological polar surface area (TPSA) is 83.4 Å². The van der Waals surface area contributed by atoms with Gasteiger partial charge in [0.15, 0.2) is 5.82 Å². The van der Waals surface area contributed by atoms with Gasteiger partial charge in [-0.05, 0) is 35.7 Å². The minimum Gasteiger partial charge on any atom is -0.508 e. The molecule has 2 aliphatic heterocycles. The molecule has 2 aromatic heterocycles. The molecule has 0 saturated carbocycles. The summed E-state index contributed by atoms with van der Waals surface area (Å²) < 4.78 is 59.5. The van der Waals surface area contributed by atoms with Crippen molar-refractivity contribution in [3.63, 3.8) is 0 Å². The Bertz CT molecular complexity index is 1480. The van der Waals surface area contributed by atoms with Crippen LogP contribution in [0.5, 0.6) is 11.8 Å². The number of halogens is 4. The first-order chi connectivity index (χ1) is 17.7. The van der Waals surface area contributed by atoms with E-state index in [1.54, 1.807) is 30.3 Å². The van der Waals surface area contributed by atoms with Gasteiger partial charge in [-0.15, -0.1) is 0 Å². The molecule has 0 spiro atoms. The van der Waals surface area contributed by atoms with Crippen molar-refractivity contribution in [2.45, 2.75) is 37.5 Å². The molecule has 0 radical (unpaired) electrons. The van der Waals surface area contributed by atoms with Gasteiger partial charge in [-0.3, -0.25) is 4.98 Å². The number of phenolic OH excluding ortho intramolecular Hbond substituents is 1. The second-order valence-corrected chi connectivity index (χ2v) is 9.48. The molecule has 2 aromatic carbocycles. The number of anilines is 1. The van der Waals surface area contributed by atoms with E-state index in [0.717, 1.165) is 12.8 Å². The summed E-state index contributed by atoms with van der Waals surface area (Å²) in [6, 6.07) is 10.4. The fourth-order valence-corrected chi connectivity index (χ4v) is 5.23. The van der Waals surface area contributed by atoms with Gasteiger partial charge in [-0.2, -0.15) is 23.1 Å². The van der Waals surface area contributed by atoms with Crippen LogP contribution in [0, 0.1) is 5.82 Å². The van der Waals surface area contributed by atoms with Crippen LogP contribution in [-0.4, -0.2) is 58.0 Å². The van der Waals surface area contributed by atoms with Crippen molar-refractivity contribution in [2.75, 3.05) is 24.6 Å². The average molecular weight is 513 g/mol. The van der Waals surface area contributed by atoms with Crippen molar-refractivity contribution in [2.24, 2.45) is 0 Å². The van der Waals surface area contributed by atoms with E-state index in [0.29, 0.717) is 40.6 Å². The lowest BCUT2D eigenvalue weighted by Crippen LogP contribution is -2.51. The second kappa shape index (κ2) is 8.98. The molecule has 2 bridgehead atoms. The maximum atomic E-state index is 16.1. The summed E-state index contributed by atoms with van der Waals surface area (Å²) in [6.45, 7) is 0.550. The van der Waals surface area contributed by atoms with Crippen LogP contribution in [0.2, 0.25) is 0 Å². The van der Waals surface area contributed by atoms with Crippen LogP contribution in [0.15, 0.2) is 42.6 Å². The first kappa shape index (κ1) is 23.7. The van der Waals surface area contributed by atoms with Gasteiger partial charge in [-0.25, -0.2) is 4.39 Å². The third-order valence-corrected chi connectivity index (χ3v) is 6.88. The van der Waals surface area contributed by atoms with Gasteiger partial charge < -0.3 is 20.1 Å². The lowest BCUT2D eigenvalue weighted by atomic mass is 10.0. The van der Waals surface area contributed by atoms with Gasteiger partial charge in [0.1, 0.15) is 29.4 Å². The highest BCUT2D eigenvalue weighted by Gasteiger charge is 2.34. The van der Waals surface area contributed by atoms with Crippen LogP contribution in [-0.2, 0) is 0 Å². The summed E-state index contributed by atoms with van der Waals surface area (Å²) >= 11 is 0. The Hall–Kier alpha value is -3.73. The number of ether oxygens (including phenoxy) is 1. The lowest BCUT2D eigenvalue weighted by Gasteiger charge is -2.34. The number of fused-ring (bicyclic) bond motifs is 4. The first-order valence-corrected chi connectivity index (χ1v) is 12.0. The number of aromatic nitrogens is 3. The number of alkyl halides is 3. The first-order valence-electron chi connectivity index (χ1n) is 12.0. The van der Waals surface area contributed by atoms with Crippen molar-refractivity contribution in [1.29, 1.82) is 0 Å². The maximum Gasteiger partial charge on any atom is 0.392 e. The van der Waals surface area contributed by atoms with Crippen molar-refractivity contribution in [3.8, 4) is 23.0 Å². The molecule has 2 aliphatic rings. The zero-order valence-corrected chi connectivity index (χ0v) is 19.6. The van der Waals surface area contributed by atoms with Crippen molar-refractivity contribution in [1.82, 2.24) is 20.3 Å². The number of nitrogens with zero attached hydrogens (tertiary/aromatic N) is 4. The molecule has 0 amide bonds. The van der Waals surface area contributed by atoms with Gasteiger partial charge in [0.25, 0.3) is 0 Å². The summed E-state index contributed by atoms with van der Waals surface area (Å²) in [5, 5.41) is 15.5. The standard InChI is InChI=1S/C26H23F4N5O2/c27-21-22(19-10-17(36)9-14-3-1-2-4-18(14)19)31-11-20-23(21)33-25(37-8-7-26(28,29)30)34-24(20)35-12-15-5-6-16(13-35)32-15/h1-4,9-11,15-16,32,36H,5-8,12-13H2. The number of benzene rings is 2. The number of rotatable bonds is 5. The molecule has 0 aliphatic carbocycles. The molecule has 6 rings (SSSR count). The number of aromatic hydroxyl groups is 1. The zero-order valence-electron chi connectivity index (χ0n) is 19.6. The van der Waals surface area contributed by atoms with E-state index in [-0.39, 0.29) is 35.1 Å². The van der Waals surface area contributed by atoms with E-state index in [2.05, 4.69) is 20.3 Å². The van der Waals surface area contributed by atoms with Crippen LogP contribution in [0.3, 0.4) is 0 Å². The number of pyridine rings is 1. The highest BCUT2D eigenvalue weighted by Crippen LogP contribution is 2.37. The van der Waals surface area contributed by atoms with Gasteiger partial charge in [0.05, 0.1) is 11.8 Å². The Morgan fingerprint density at radius 3 is 2.57 bits per heavy atom. The Morgan fingerprint density at radius 2 is 1.81 bits per heavy atom. The van der Waals surface area contributed by atoms with E-state index in [1.807, 2.05) is 4.90 Å². The van der Waals surface area contributed by atoms with Crippen molar-refractivity contribution in [3.05, 3.63) is 48.4 Å². The Morgan fingerprint density at radius 1 is 1.05 bits per heavy atom. The molecule has 11 heteroatoms. The smallest absolute Gasteiger partial charge is 0.392 e. The highest BCUT2D eigenvalue weighted by atomic mass is 19.4. The molecule has 2 N–H and O–H groups in total. The molecular weight excluding hydrogens is 490 g/mol. The number of piperazine rings is 1. The third kappa shape index (κ3) is 4.59. The maximum absolute atomic E-state index is 16.1. The van der Waals surface area contributed by atoms with Crippen LogP contribution in [0.4, 0.5) is 23.4 Å². The molecule has 2 atom stereocenters. The van der Waals surface area contributed by atoms with Crippen LogP contribution >= 0.6 is 0 Å². The zero-order chi connectivity index (χ0) is 25.7. The number of hydrogen-bond acceptors (Lipinski definition) is 7. The Kier molecular flexibility index (Phi) is 5.74. The summed E-state index contributed by atoms with van der Waals surface area (Å²) in [7, 11) is 0. The molecule has 2 saturated heterocycles. The molecule has 7 nitrogen and oxygen atoms in total. The van der Waals surface area contributed by atoms with E-state index < -0.39 is 25.0 Å². The van der Waals surface area contributed by atoms with Crippen LogP contribution in [0.1, 0.15) is 19.3 Å². The molecule has 4 heterocycles. The second-order valence-electron chi connectivity index (χ2n) is 9.48. The third-order valence-electron chi connectivity index (χ3n) is 6.88. The van der Waals surface area contributed by atoms with Gasteiger partial charge in [0.2, 0.25) is 0 Å². The predicted octanol–water partition coefficient (Wildman–Crippen LogP) is 4.96. The molecule has 37 heavy (non-hydrogen) atoms. The predicted molar refractivity (Wildman–Crippen MR) is 130 cm³/mol. The van der Waals surface area contributed by atoms with Crippen LogP contribution < -0.4 is 15.0 Å². The summed E-state index contributed by atoms with van der Waals surface area (Å²) in [5.74, 6) is -0.439. The largest absolute Gasteiger partial charge is 0.508 e. The number of nitrogens with one attached hydrogen (secondary N) is 1. The summed E-state index contributed by atoms with van der Waals surface area (Å²) in [4.78, 5) is 15.0. The van der Waals surface area contributed by atoms with E-state index in [4.69, 9.17) is 4.74 Å². The Labute approximate surface area is 209 Å². The fraction of sp³-hybridized carbons (Fsp3) is 0.346. The Balaban J connectivity index is 1.49. The normalized spacial score (nSPS) is 19.6. The minimum atomic E-state index is -4.41. The highest BCUT2D eigenvalue weighted by molar-refractivity contribution is 5.99. The molecule has 2 unspecified atom stereocenters. The van der Waals surface area contributed by atoms with Gasteiger partial charge in [-0.1, -0.05) is 24.3 Å². The van der Waals surface area contributed by atoms with Crippen LogP contribution in [0.25, 0.3) is 32.9 Å². The quantitative estimate of drug-likeness (QED) is 0.365. The average Bonchev–Trinajstić information content (AvgIpc) is 3.20. The molecule has 2 fully saturated rings. The van der Waals surface area contributed by atoms with Crippen molar-refractivity contribution >= 4 is 27.5 Å². The summed E-state index contributed by atoms with van der Waals surface area (Å²) in [5.41, 5.74) is 0.233. The fourth-order valence-electron chi connectivity index (χ4n) is 5.23. The van der Waals surface area contributed by atoms with Crippen molar-refractivity contribution < 1.29 is 27.4 Å².